The smallest absolute Gasteiger partial charge is 0.186 e. The van der Waals surface area contributed by atoms with Crippen molar-refractivity contribution >= 4 is 32.4 Å². The lowest BCUT2D eigenvalue weighted by Crippen LogP contribution is -2.45. The van der Waals surface area contributed by atoms with Crippen LogP contribution in [0, 0.1) is 6.92 Å². The monoisotopic (exact) mass is 499 g/mol. The molecule has 0 unspecified atom stereocenters. The molecule has 2 bridgehead atoms. The largest absolute Gasteiger partial charge is 0.373 e. The molecule has 162 valence electrons. The maximum Gasteiger partial charge on any atom is 0.186 e. The average molecular weight is 500 g/mol. The van der Waals surface area contributed by atoms with E-state index in [4.69, 9.17) is 9.26 Å². The van der Waals surface area contributed by atoms with Gasteiger partial charge in [0.25, 0.3) is 0 Å². The fourth-order valence-corrected chi connectivity index (χ4v) is 6.71. The molecule has 3 atom stereocenters. The third-order valence-corrected chi connectivity index (χ3v) is 8.57. The molecule has 4 heterocycles. The second-order valence-corrected chi connectivity index (χ2v) is 10.8. The number of halogens is 1. The summed E-state index contributed by atoms with van der Waals surface area (Å²) in [6.07, 6.45) is 7.27. The van der Waals surface area contributed by atoms with Crippen molar-refractivity contribution in [2.75, 3.05) is 4.90 Å². The van der Waals surface area contributed by atoms with Gasteiger partial charge in [0.05, 0.1) is 12.7 Å². The summed E-state index contributed by atoms with van der Waals surface area (Å²) in [5.41, 5.74) is 4.50. The van der Waals surface area contributed by atoms with Crippen molar-refractivity contribution in [3.63, 3.8) is 0 Å². The number of anilines is 1. The van der Waals surface area contributed by atoms with Gasteiger partial charge in [0.15, 0.2) is 5.13 Å². The summed E-state index contributed by atoms with van der Waals surface area (Å²) >= 11 is 5.24. The number of hydrogen-bond donors (Lipinski definition) is 0. The van der Waals surface area contributed by atoms with Crippen LogP contribution in [0.4, 0.5) is 5.13 Å². The van der Waals surface area contributed by atoms with Crippen LogP contribution in [0.3, 0.4) is 0 Å². The third-order valence-electron chi connectivity index (χ3n) is 7.01. The van der Waals surface area contributed by atoms with Gasteiger partial charge in [-0.1, -0.05) is 29.4 Å². The van der Waals surface area contributed by atoms with Crippen LogP contribution in [0.15, 0.2) is 38.8 Å². The van der Waals surface area contributed by atoms with Crippen molar-refractivity contribution in [1.29, 1.82) is 0 Å². The van der Waals surface area contributed by atoms with E-state index < -0.39 is 0 Å². The van der Waals surface area contributed by atoms with Crippen molar-refractivity contribution in [2.45, 2.75) is 76.2 Å². The number of ether oxygens (including phenoxy) is 1. The van der Waals surface area contributed by atoms with Crippen LogP contribution >= 0.6 is 27.3 Å². The lowest BCUT2D eigenvalue weighted by molar-refractivity contribution is 0.0147. The van der Waals surface area contributed by atoms with E-state index in [-0.39, 0.29) is 6.10 Å². The molecule has 0 radical (unpaired) electrons. The van der Waals surface area contributed by atoms with Gasteiger partial charge in [-0.3, -0.25) is 0 Å². The Morgan fingerprint density at radius 3 is 2.61 bits per heavy atom. The van der Waals surface area contributed by atoms with Gasteiger partial charge in [0.2, 0.25) is 0 Å². The van der Waals surface area contributed by atoms with Crippen LogP contribution in [-0.2, 0) is 11.3 Å². The molecular formula is C24H26BrN3O2S. The van der Waals surface area contributed by atoms with Crippen LogP contribution in [-0.4, -0.2) is 28.3 Å². The Labute approximate surface area is 194 Å². The van der Waals surface area contributed by atoms with Gasteiger partial charge >= 0.3 is 0 Å². The minimum atomic E-state index is 0.281. The van der Waals surface area contributed by atoms with E-state index in [1.165, 1.54) is 31.2 Å². The van der Waals surface area contributed by atoms with E-state index >= 15 is 0 Å². The highest BCUT2D eigenvalue weighted by Crippen LogP contribution is 2.45. The molecule has 1 aromatic carbocycles. The summed E-state index contributed by atoms with van der Waals surface area (Å²) in [5, 5.41) is 7.72. The van der Waals surface area contributed by atoms with E-state index in [0.29, 0.717) is 24.6 Å². The molecule has 6 rings (SSSR count). The molecule has 3 aromatic rings. The Morgan fingerprint density at radius 2 is 1.94 bits per heavy atom. The molecule has 2 saturated heterocycles. The highest BCUT2D eigenvalue weighted by Gasteiger charge is 2.42. The number of aryl methyl sites for hydroxylation is 1. The summed E-state index contributed by atoms with van der Waals surface area (Å²) < 4.78 is 13.4. The number of nitrogens with zero attached hydrogens (tertiary/aromatic N) is 3. The number of hydrogen-bond acceptors (Lipinski definition) is 6. The Balaban J connectivity index is 1.20. The molecule has 0 spiro atoms. The molecule has 7 heteroatoms. The number of thiazole rings is 1. The third kappa shape index (κ3) is 3.74. The molecule has 0 amide bonds. The lowest BCUT2D eigenvalue weighted by Gasteiger charge is -2.38. The average Bonchev–Trinajstić information content (AvgIpc) is 3.29. The number of rotatable bonds is 6. The topological polar surface area (TPSA) is 51.4 Å². The van der Waals surface area contributed by atoms with Gasteiger partial charge in [0, 0.05) is 34.5 Å². The van der Waals surface area contributed by atoms with Crippen LogP contribution in [0.2, 0.25) is 0 Å². The van der Waals surface area contributed by atoms with Crippen molar-refractivity contribution < 1.29 is 9.26 Å². The Kier molecular flexibility index (Phi) is 5.16. The Bertz CT molecular complexity index is 1080. The summed E-state index contributed by atoms with van der Waals surface area (Å²) in [4.78, 5) is 7.22. The Morgan fingerprint density at radius 1 is 1.16 bits per heavy atom. The van der Waals surface area contributed by atoms with E-state index in [1.54, 1.807) is 11.3 Å². The van der Waals surface area contributed by atoms with Crippen LogP contribution in [0.5, 0.6) is 0 Å². The SMILES string of the molecule is Cc1ccccc1-c1noc(C2CC2)c1CO[C@H]1C[C@H]2CC[C@@H](C1)N2c1nc(Br)cs1. The van der Waals surface area contributed by atoms with E-state index in [2.05, 4.69) is 67.5 Å². The molecule has 0 N–H and O–H groups in total. The Hall–Kier alpha value is -1.70. The maximum atomic E-state index is 6.57. The molecule has 31 heavy (non-hydrogen) atoms. The number of fused-ring (bicyclic) bond motifs is 2. The highest BCUT2D eigenvalue weighted by atomic mass is 79.9. The van der Waals surface area contributed by atoms with Crippen molar-refractivity contribution in [1.82, 2.24) is 10.1 Å². The van der Waals surface area contributed by atoms with E-state index in [9.17, 15) is 0 Å². The first kappa shape index (κ1) is 19.9. The summed E-state index contributed by atoms with van der Waals surface area (Å²) in [7, 11) is 0. The molecule has 2 aliphatic heterocycles. The summed E-state index contributed by atoms with van der Waals surface area (Å²) in [6.45, 7) is 2.72. The van der Waals surface area contributed by atoms with Gasteiger partial charge in [-0.15, -0.1) is 11.3 Å². The van der Waals surface area contributed by atoms with Crippen molar-refractivity contribution in [3.05, 3.63) is 51.1 Å². The molecular weight excluding hydrogens is 474 g/mol. The van der Waals surface area contributed by atoms with Crippen molar-refractivity contribution in [2.24, 2.45) is 0 Å². The minimum Gasteiger partial charge on any atom is -0.373 e. The van der Waals surface area contributed by atoms with Crippen LogP contribution in [0.1, 0.15) is 61.3 Å². The van der Waals surface area contributed by atoms with Crippen molar-refractivity contribution in [3.8, 4) is 11.3 Å². The zero-order valence-electron chi connectivity index (χ0n) is 17.6. The lowest BCUT2D eigenvalue weighted by atomic mass is 9.99. The van der Waals surface area contributed by atoms with E-state index in [0.717, 1.165) is 45.2 Å². The van der Waals surface area contributed by atoms with Gasteiger partial charge < -0.3 is 14.2 Å². The molecule has 1 saturated carbocycles. The standard InChI is InChI=1S/C24H26BrN3O2S/c1-14-4-2-3-5-19(14)22-20(23(30-27-22)15-6-7-15)12-29-18-10-16-8-9-17(11-18)28(16)24-26-21(25)13-31-24/h2-5,13,15-18H,6-12H2,1H3/t16-,17+,18+. The number of piperidine rings is 1. The number of aromatic nitrogens is 2. The van der Waals surface area contributed by atoms with Crippen LogP contribution < -0.4 is 4.90 Å². The molecule has 2 aromatic heterocycles. The van der Waals surface area contributed by atoms with Crippen LogP contribution in [0.25, 0.3) is 11.3 Å². The fourth-order valence-electron chi connectivity index (χ4n) is 5.32. The summed E-state index contributed by atoms with van der Waals surface area (Å²) in [6, 6.07) is 9.48. The van der Waals surface area contributed by atoms with Gasteiger partial charge in [-0.2, -0.15) is 0 Å². The molecule has 3 aliphatic rings. The first-order valence-electron chi connectivity index (χ1n) is 11.2. The first-order valence-corrected chi connectivity index (χ1v) is 12.9. The normalized spacial score (nSPS) is 25.4. The fraction of sp³-hybridized carbons (Fsp3) is 0.500. The first-order chi connectivity index (χ1) is 15.2. The maximum absolute atomic E-state index is 6.57. The minimum absolute atomic E-state index is 0.281. The van der Waals surface area contributed by atoms with Gasteiger partial charge in [-0.25, -0.2) is 4.98 Å². The molecule has 3 fully saturated rings. The highest BCUT2D eigenvalue weighted by molar-refractivity contribution is 9.10. The predicted octanol–water partition coefficient (Wildman–Crippen LogP) is 6.46. The molecule has 5 nitrogen and oxygen atoms in total. The predicted molar refractivity (Wildman–Crippen MR) is 126 cm³/mol. The number of benzene rings is 1. The zero-order valence-corrected chi connectivity index (χ0v) is 20.0. The quantitative estimate of drug-likeness (QED) is 0.389. The van der Waals surface area contributed by atoms with E-state index in [1.807, 2.05) is 0 Å². The second-order valence-electron chi connectivity index (χ2n) is 9.11. The zero-order chi connectivity index (χ0) is 20.9. The van der Waals surface area contributed by atoms with Gasteiger partial charge in [-0.05, 0) is 66.9 Å². The van der Waals surface area contributed by atoms with Gasteiger partial charge in [0.1, 0.15) is 16.1 Å². The molecule has 1 aliphatic carbocycles. The second kappa shape index (κ2) is 8.01. The summed E-state index contributed by atoms with van der Waals surface area (Å²) in [5.74, 6) is 1.57.